The highest BCUT2D eigenvalue weighted by molar-refractivity contribution is 7.17. The minimum atomic E-state index is -1.12. The zero-order valence-corrected chi connectivity index (χ0v) is 23.9. The molecule has 0 bridgehead atoms. The third kappa shape index (κ3) is 5.66. The number of carbonyl (C=O) groups is 3. The summed E-state index contributed by atoms with van der Waals surface area (Å²) in [4.78, 5) is 44.9. The summed E-state index contributed by atoms with van der Waals surface area (Å²) >= 11 is 0.901. The van der Waals surface area contributed by atoms with Crippen molar-refractivity contribution in [1.82, 2.24) is 4.98 Å². The van der Waals surface area contributed by atoms with Crippen LogP contribution < -0.4 is 9.64 Å². The predicted octanol–water partition coefficient (Wildman–Crippen LogP) is 6.28. The molecule has 1 aliphatic heterocycles. The van der Waals surface area contributed by atoms with Crippen molar-refractivity contribution in [1.29, 1.82) is 0 Å². The smallest absolute Gasteiger partial charge is 0.350 e. The number of aliphatic hydroxyl groups excluding tert-OH is 1. The highest BCUT2D eigenvalue weighted by Crippen LogP contribution is 2.44. The normalized spacial score (nSPS) is 16.1. The van der Waals surface area contributed by atoms with Gasteiger partial charge in [-0.25, -0.2) is 14.2 Å². The number of esters is 1. The van der Waals surface area contributed by atoms with Crippen molar-refractivity contribution in [3.05, 3.63) is 117 Å². The quantitative estimate of drug-likeness (QED) is 0.112. The zero-order valence-electron chi connectivity index (χ0n) is 23.1. The number of hydrogen-bond donors (Lipinski definition) is 1. The lowest BCUT2D eigenvalue weighted by molar-refractivity contribution is -0.132. The number of ether oxygens (including phenoxy) is 2. The summed E-state index contributed by atoms with van der Waals surface area (Å²) in [5, 5.41) is 11.5. The molecule has 1 amide bonds. The van der Waals surface area contributed by atoms with Gasteiger partial charge in [-0.15, -0.1) is 0 Å². The first-order valence-corrected chi connectivity index (χ1v) is 14.0. The number of rotatable bonds is 8. The number of benzene rings is 3. The maximum absolute atomic E-state index is 13.8. The fourth-order valence-corrected chi connectivity index (χ4v) is 5.68. The van der Waals surface area contributed by atoms with Gasteiger partial charge in [-0.3, -0.25) is 14.5 Å². The molecule has 1 N–H and O–H groups in total. The maximum Gasteiger partial charge on any atom is 0.350 e. The van der Waals surface area contributed by atoms with E-state index in [1.54, 1.807) is 38.1 Å². The number of aromatic nitrogens is 1. The first-order chi connectivity index (χ1) is 20.2. The Kier molecular flexibility index (Phi) is 8.17. The highest BCUT2D eigenvalue weighted by Gasteiger charge is 2.48. The molecule has 0 saturated carbocycles. The van der Waals surface area contributed by atoms with Crippen LogP contribution in [0, 0.1) is 19.7 Å². The summed E-state index contributed by atoms with van der Waals surface area (Å²) in [6.07, 6.45) is 0. The van der Waals surface area contributed by atoms with Gasteiger partial charge in [-0.2, -0.15) is 0 Å². The van der Waals surface area contributed by atoms with Crippen LogP contribution in [0.1, 0.15) is 50.6 Å². The molecule has 8 nitrogen and oxygen atoms in total. The van der Waals surface area contributed by atoms with Crippen molar-refractivity contribution in [3.63, 3.8) is 0 Å². The monoisotopic (exact) mass is 586 g/mol. The number of hydrogen-bond acceptors (Lipinski definition) is 8. The molecule has 0 spiro atoms. The van der Waals surface area contributed by atoms with Crippen LogP contribution in [0.4, 0.5) is 9.52 Å². The van der Waals surface area contributed by atoms with Crippen LogP contribution in [0.5, 0.6) is 5.75 Å². The summed E-state index contributed by atoms with van der Waals surface area (Å²) in [5.41, 5.74) is 2.92. The lowest BCUT2D eigenvalue weighted by Crippen LogP contribution is -2.29. The molecular formula is C32H27FN2O6S. The van der Waals surface area contributed by atoms with Gasteiger partial charge >= 0.3 is 11.9 Å². The van der Waals surface area contributed by atoms with Gasteiger partial charge in [0.1, 0.15) is 28.8 Å². The van der Waals surface area contributed by atoms with Crippen molar-refractivity contribution in [2.75, 3.05) is 11.5 Å². The fourth-order valence-electron chi connectivity index (χ4n) is 4.69. The molecule has 0 radical (unpaired) electrons. The van der Waals surface area contributed by atoms with Crippen molar-refractivity contribution in [3.8, 4) is 5.75 Å². The summed E-state index contributed by atoms with van der Waals surface area (Å²) in [6.45, 7) is 5.77. The molecule has 5 rings (SSSR count). The largest absolute Gasteiger partial charge is 0.507 e. The van der Waals surface area contributed by atoms with Gasteiger partial charge in [0.15, 0.2) is 5.13 Å². The minimum Gasteiger partial charge on any atom is -0.507 e. The van der Waals surface area contributed by atoms with E-state index in [-0.39, 0.29) is 27.8 Å². The lowest BCUT2D eigenvalue weighted by atomic mass is 9.95. The molecule has 1 unspecified atom stereocenters. The SMILES string of the molecule is CCOC(=O)c1sc(N2C(=O)C(=O)C(=C(O)c3ccc(OCc4cccc(C)c4)cc3)C2c2ccc(F)cc2)nc1C. The predicted molar refractivity (Wildman–Crippen MR) is 156 cm³/mol. The molecule has 1 aliphatic rings. The van der Waals surface area contributed by atoms with Gasteiger partial charge in [-0.05, 0) is 68.3 Å². The van der Waals surface area contributed by atoms with E-state index in [2.05, 4.69) is 4.98 Å². The third-order valence-electron chi connectivity index (χ3n) is 6.70. The van der Waals surface area contributed by atoms with Crippen LogP contribution in [-0.2, 0) is 20.9 Å². The first kappa shape index (κ1) is 28.7. The Bertz CT molecular complexity index is 1690. The Labute approximate surface area is 245 Å². The van der Waals surface area contributed by atoms with E-state index in [0.717, 1.165) is 27.4 Å². The summed E-state index contributed by atoms with van der Waals surface area (Å²) in [5.74, 6) is -2.84. The van der Waals surface area contributed by atoms with E-state index in [1.807, 2.05) is 31.2 Å². The van der Waals surface area contributed by atoms with Crippen LogP contribution in [0.3, 0.4) is 0 Å². The highest BCUT2D eigenvalue weighted by atomic mass is 32.1. The number of anilines is 1. The van der Waals surface area contributed by atoms with E-state index in [1.165, 1.54) is 24.3 Å². The summed E-state index contributed by atoms with van der Waals surface area (Å²) in [7, 11) is 0. The second-order valence-electron chi connectivity index (χ2n) is 9.65. The molecule has 1 fully saturated rings. The number of ketones is 1. The van der Waals surface area contributed by atoms with Crippen molar-refractivity contribution in [2.24, 2.45) is 0 Å². The van der Waals surface area contributed by atoms with Crippen LogP contribution in [-0.4, -0.2) is 34.4 Å². The van der Waals surface area contributed by atoms with Crippen LogP contribution >= 0.6 is 11.3 Å². The molecule has 1 atom stereocenters. The Hall–Kier alpha value is -4.83. The number of amides is 1. The summed E-state index contributed by atoms with van der Waals surface area (Å²) in [6, 6.07) is 18.6. The molecule has 4 aromatic rings. The zero-order chi connectivity index (χ0) is 30.0. The number of carbonyl (C=O) groups excluding carboxylic acids is 3. The van der Waals surface area contributed by atoms with Gasteiger partial charge < -0.3 is 14.6 Å². The molecule has 2 heterocycles. The number of aliphatic hydroxyl groups is 1. The van der Waals surface area contributed by atoms with Crippen molar-refractivity contribution >= 4 is 39.9 Å². The van der Waals surface area contributed by atoms with E-state index in [9.17, 15) is 23.9 Å². The van der Waals surface area contributed by atoms with Gasteiger partial charge in [-0.1, -0.05) is 53.3 Å². The molecule has 214 valence electrons. The Morgan fingerprint density at radius 2 is 1.76 bits per heavy atom. The third-order valence-corrected chi connectivity index (χ3v) is 7.83. The van der Waals surface area contributed by atoms with E-state index < -0.39 is 35.3 Å². The van der Waals surface area contributed by atoms with Crippen LogP contribution in [0.25, 0.3) is 5.76 Å². The van der Waals surface area contributed by atoms with Gasteiger partial charge in [0, 0.05) is 5.56 Å². The second-order valence-corrected chi connectivity index (χ2v) is 10.6. The van der Waals surface area contributed by atoms with E-state index in [0.29, 0.717) is 23.6 Å². The number of Topliss-reactive ketones (excluding diaryl/α,β-unsaturated/α-hetero) is 1. The number of thiazole rings is 1. The molecule has 10 heteroatoms. The molecule has 42 heavy (non-hydrogen) atoms. The Balaban J connectivity index is 1.52. The van der Waals surface area contributed by atoms with Gasteiger partial charge in [0.2, 0.25) is 0 Å². The average molecular weight is 587 g/mol. The average Bonchev–Trinajstić information content (AvgIpc) is 3.48. The Morgan fingerprint density at radius 1 is 1.05 bits per heavy atom. The van der Waals surface area contributed by atoms with Crippen molar-refractivity contribution in [2.45, 2.75) is 33.4 Å². The number of halogens is 1. The molecule has 0 aliphatic carbocycles. The van der Waals surface area contributed by atoms with Crippen molar-refractivity contribution < 1.29 is 33.4 Å². The van der Waals surface area contributed by atoms with Gasteiger partial charge in [0.05, 0.1) is 23.9 Å². The summed E-state index contributed by atoms with van der Waals surface area (Å²) < 4.78 is 24.8. The van der Waals surface area contributed by atoms with Crippen LogP contribution in [0.15, 0.2) is 78.4 Å². The first-order valence-electron chi connectivity index (χ1n) is 13.2. The molecule has 3 aromatic carbocycles. The molecule has 1 aromatic heterocycles. The van der Waals surface area contributed by atoms with Gasteiger partial charge in [0.25, 0.3) is 5.78 Å². The van der Waals surface area contributed by atoms with E-state index >= 15 is 0 Å². The minimum absolute atomic E-state index is 0.0749. The molecular weight excluding hydrogens is 559 g/mol. The standard InChI is InChI=1S/C32H27FN2O6S/c1-4-40-31(39)29-19(3)34-32(42-29)35-26(21-8-12-23(33)13-9-21)25(28(37)30(35)38)27(36)22-10-14-24(15-11-22)41-17-20-7-5-6-18(2)16-20/h5-16,26,36H,4,17H2,1-3H3. The molecule has 1 saturated heterocycles. The van der Waals surface area contributed by atoms with Crippen LogP contribution in [0.2, 0.25) is 0 Å². The fraction of sp³-hybridized carbons (Fsp3) is 0.188. The maximum atomic E-state index is 13.8. The second kappa shape index (κ2) is 12.0. The Morgan fingerprint density at radius 3 is 2.43 bits per heavy atom. The lowest BCUT2D eigenvalue weighted by Gasteiger charge is -2.23. The van der Waals surface area contributed by atoms with E-state index in [4.69, 9.17) is 9.47 Å². The topological polar surface area (TPSA) is 106 Å². The number of nitrogens with zero attached hydrogens (tertiary/aromatic N) is 2. The number of aryl methyl sites for hydroxylation is 2.